The van der Waals surface area contributed by atoms with Crippen LogP contribution in [0.3, 0.4) is 0 Å². The molecule has 3 rings (SSSR count). The number of aryl methyl sites for hydroxylation is 1. The highest BCUT2D eigenvalue weighted by atomic mass is 79.9. The molecule has 0 saturated heterocycles. The first-order valence-electron chi connectivity index (χ1n) is 6.41. The van der Waals surface area contributed by atoms with Crippen molar-refractivity contribution in [2.24, 2.45) is 0 Å². The van der Waals surface area contributed by atoms with Gasteiger partial charge in [-0.1, -0.05) is 18.2 Å². The molecule has 0 fully saturated rings. The van der Waals surface area contributed by atoms with Crippen LogP contribution in [-0.4, -0.2) is 22.6 Å². The highest BCUT2D eigenvalue weighted by molar-refractivity contribution is 9.10. The molecule has 0 spiro atoms. The van der Waals surface area contributed by atoms with Gasteiger partial charge in [0.2, 0.25) is 0 Å². The number of halogens is 1. The van der Waals surface area contributed by atoms with E-state index in [-0.39, 0.29) is 5.56 Å². The third-order valence-electron chi connectivity index (χ3n) is 3.43. The van der Waals surface area contributed by atoms with E-state index in [1.54, 1.807) is 6.07 Å². The lowest BCUT2D eigenvalue weighted by molar-refractivity contribution is 0.0696. The van der Waals surface area contributed by atoms with Gasteiger partial charge in [0.1, 0.15) is 5.82 Å². The number of anilines is 2. The maximum absolute atomic E-state index is 11.0. The monoisotopic (exact) mass is 332 g/mol. The highest BCUT2D eigenvalue weighted by Gasteiger charge is 2.21. The molecule has 5 heteroatoms. The van der Waals surface area contributed by atoms with E-state index in [1.807, 2.05) is 12.1 Å². The van der Waals surface area contributed by atoms with Crippen molar-refractivity contribution < 1.29 is 9.90 Å². The first-order valence-corrected chi connectivity index (χ1v) is 7.20. The van der Waals surface area contributed by atoms with Crippen molar-refractivity contribution >= 4 is 33.4 Å². The number of carboxylic acids is 1. The van der Waals surface area contributed by atoms with E-state index in [1.165, 1.54) is 11.8 Å². The quantitative estimate of drug-likeness (QED) is 0.912. The minimum Gasteiger partial charge on any atom is -0.478 e. The largest absolute Gasteiger partial charge is 0.478 e. The fourth-order valence-corrected chi connectivity index (χ4v) is 3.06. The van der Waals surface area contributed by atoms with Crippen LogP contribution in [-0.2, 0) is 6.42 Å². The summed E-state index contributed by atoms with van der Waals surface area (Å²) in [7, 11) is 0. The van der Waals surface area contributed by atoms with E-state index >= 15 is 0 Å². The Kier molecular flexibility index (Phi) is 3.44. The van der Waals surface area contributed by atoms with E-state index in [4.69, 9.17) is 5.11 Å². The van der Waals surface area contributed by atoms with E-state index in [2.05, 4.69) is 37.9 Å². The van der Waals surface area contributed by atoms with Crippen LogP contribution in [0.2, 0.25) is 0 Å². The van der Waals surface area contributed by atoms with Crippen LogP contribution in [0.4, 0.5) is 11.5 Å². The van der Waals surface area contributed by atoms with Gasteiger partial charge in [0, 0.05) is 18.4 Å². The van der Waals surface area contributed by atoms with Crippen LogP contribution in [0.5, 0.6) is 0 Å². The zero-order chi connectivity index (χ0) is 14.1. The van der Waals surface area contributed by atoms with Crippen molar-refractivity contribution in [1.29, 1.82) is 0 Å². The Morgan fingerprint density at radius 2 is 2.15 bits per heavy atom. The number of aromatic nitrogens is 1. The summed E-state index contributed by atoms with van der Waals surface area (Å²) in [6.45, 7) is 0.884. The van der Waals surface area contributed by atoms with Crippen molar-refractivity contribution in [2.75, 3.05) is 11.4 Å². The number of pyridine rings is 1. The number of carbonyl (C=O) groups is 1. The number of hydrogen-bond donors (Lipinski definition) is 1. The lowest BCUT2D eigenvalue weighted by atomic mass is 10.0. The van der Waals surface area contributed by atoms with Gasteiger partial charge in [-0.2, -0.15) is 0 Å². The molecule has 2 aromatic rings. The second-order valence-corrected chi connectivity index (χ2v) is 5.57. The smallest absolute Gasteiger partial charge is 0.337 e. The normalized spacial score (nSPS) is 13.9. The number of aromatic carboxylic acids is 1. The highest BCUT2D eigenvalue weighted by Crippen LogP contribution is 2.35. The fraction of sp³-hybridized carbons (Fsp3) is 0.200. The summed E-state index contributed by atoms with van der Waals surface area (Å²) >= 11 is 3.44. The molecular weight excluding hydrogens is 320 g/mol. The Morgan fingerprint density at radius 1 is 1.35 bits per heavy atom. The standard InChI is InChI=1S/C15H13BrN2O2/c16-12-8-11(15(19)20)9-17-14(12)18-7-3-5-10-4-1-2-6-13(10)18/h1-2,4,6,8-9H,3,5,7H2,(H,19,20). The van der Waals surface area contributed by atoms with Crippen LogP contribution >= 0.6 is 15.9 Å². The van der Waals surface area contributed by atoms with E-state index in [9.17, 15) is 4.79 Å². The van der Waals surface area contributed by atoms with Crippen LogP contribution in [0, 0.1) is 0 Å². The van der Waals surface area contributed by atoms with E-state index in [0.29, 0.717) is 4.47 Å². The minimum absolute atomic E-state index is 0.186. The van der Waals surface area contributed by atoms with Gasteiger partial charge in [-0.15, -0.1) is 0 Å². The summed E-state index contributed by atoms with van der Waals surface area (Å²) in [5.41, 5.74) is 2.63. The van der Waals surface area contributed by atoms with Gasteiger partial charge in [0.25, 0.3) is 0 Å². The van der Waals surface area contributed by atoms with Crippen molar-refractivity contribution in [3.8, 4) is 0 Å². The lowest BCUT2D eigenvalue weighted by Crippen LogP contribution is -2.25. The van der Waals surface area contributed by atoms with Crippen molar-refractivity contribution in [2.45, 2.75) is 12.8 Å². The SMILES string of the molecule is O=C(O)c1cnc(N2CCCc3ccccc32)c(Br)c1. The molecule has 0 radical (unpaired) electrons. The molecule has 1 aliphatic heterocycles. The molecule has 1 aliphatic rings. The maximum atomic E-state index is 11.0. The Hall–Kier alpha value is -1.88. The number of fused-ring (bicyclic) bond motifs is 1. The van der Waals surface area contributed by atoms with Gasteiger partial charge in [0.05, 0.1) is 10.0 Å². The van der Waals surface area contributed by atoms with E-state index in [0.717, 1.165) is 30.9 Å². The van der Waals surface area contributed by atoms with Gasteiger partial charge in [-0.25, -0.2) is 9.78 Å². The Morgan fingerprint density at radius 3 is 2.90 bits per heavy atom. The number of rotatable bonds is 2. The molecule has 1 aromatic heterocycles. The predicted octanol–water partition coefficient (Wildman–Crippen LogP) is 3.63. The average Bonchev–Trinajstić information content (AvgIpc) is 2.46. The van der Waals surface area contributed by atoms with Gasteiger partial charge < -0.3 is 10.0 Å². The third kappa shape index (κ3) is 2.29. The zero-order valence-electron chi connectivity index (χ0n) is 10.7. The Balaban J connectivity index is 2.04. The van der Waals surface area contributed by atoms with Crippen LogP contribution in [0.15, 0.2) is 41.0 Å². The molecule has 0 amide bonds. The fourth-order valence-electron chi connectivity index (χ4n) is 2.50. The summed E-state index contributed by atoms with van der Waals surface area (Å²) in [4.78, 5) is 17.4. The van der Waals surface area contributed by atoms with Crippen LogP contribution in [0.25, 0.3) is 0 Å². The Bertz CT molecular complexity index is 673. The summed E-state index contributed by atoms with van der Waals surface area (Å²) in [6, 6.07) is 9.85. The van der Waals surface area contributed by atoms with Gasteiger partial charge >= 0.3 is 5.97 Å². The molecule has 0 aliphatic carbocycles. The number of benzene rings is 1. The van der Waals surface area contributed by atoms with E-state index < -0.39 is 5.97 Å². The lowest BCUT2D eigenvalue weighted by Gasteiger charge is -2.31. The molecule has 1 aromatic carbocycles. The topological polar surface area (TPSA) is 53.4 Å². The summed E-state index contributed by atoms with van der Waals surface area (Å²) in [5.74, 6) is -0.203. The maximum Gasteiger partial charge on any atom is 0.337 e. The molecule has 0 bridgehead atoms. The summed E-state index contributed by atoms with van der Waals surface area (Å²) < 4.78 is 0.703. The van der Waals surface area contributed by atoms with Crippen molar-refractivity contribution in [3.63, 3.8) is 0 Å². The summed E-state index contributed by atoms with van der Waals surface area (Å²) in [5, 5.41) is 8.99. The molecule has 4 nitrogen and oxygen atoms in total. The van der Waals surface area contributed by atoms with Crippen molar-refractivity contribution in [1.82, 2.24) is 4.98 Å². The molecule has 2 heterocycles. The molecule has 0 saturated carbocycles. The minimum atomic E-state index is -0.969. The van der Waals surface area contributed by atoms with Crippen LogP contribution in [0.1, 0.15) is 22.3 Å². The molecule has 0 unspecified atom stereocenters. The van der Waals surface area contributed by atoms with Crippen molar-refractivity contribution in [3.05, 3.63) is 52.1 Å². The van der Waals surface area contributed by atoms with Gasteiger partial charge in [-0.3, -0.25) is 0 Å². The second kappa shape index (κ2) is 5.25. The zero-order valence-corrected chi connectivity index (χ0v) is 12.3. The second-order valence-electron chi connectivity index (χ2n) is 4.72. The molecule has 0 atom stereocenters. The number of para-hydroxylation sites is 1. The molecule has 1 N–H and O–H groups in total. The number of hydrogen-bond acceptors (Lipinski definition) is 3. The van der Waals surface area contributed by atoms with Gasteiger partial charge in [0.15, 0.2) is 0 Å². The molecule has 20 heavy (non-hydrogen) atoms. The first kappa shape index (κ1) is 13.1. The molecular formula is C15H13BrN2O2. The Labute approximate surface area is 125 Å². The number of carboxylic acid groups (broad SMARTS) is 1. The molecule has 102 valence electrons. The summed E-state index contributed by atoms with van der Waals surface area (Å²) in [6.07, 6.45) is 3.53. The average molecular weight is 333 g/mol. The third-order valence-corrected chi connectivity index (χ3v) is 4.02. The predicted molar refractivity (Wildman–Crippen MR) is 80.7 cm³/mol. The number of nitrogens with zero attached hydrogens (tertiary/aromatic N) is 2. The first-order chi connectivity index (χ1) is 9.66. The van der Waals surface area contributed by atoms with Gasteiger partial charge in [-0.05, 0) is 46.5 Å². The van der Waals surface area contributed by atoms with Crippen LogP contribution < -0.4 is 4.90 Å².